The minimum Gasteiger partial charge on any atom is -0.326 e. The number of benzene rings is 2. The number of ketones is 1. The summed E-state index contributed by atoms with van der Waals surface area (Å²) in [6.07, 6.45) is 0. The lowest BCUT2D eigenvalue weighted by Gasteiger charge is -2.02. The van der Waals surface area contributed by atoms with Gasteiger partial charge in [-0.3, -0.25) is 9.35 Å². The minimum absolute atomic E-state index is 0.0602. The number of carbonyl (C=O) groups excluding carboxylic acids is 1. The summed E-state index contributed by atoms with van der Waals surface area (Å²) in [7, 11) is -4.55. The molecule has 0 bridgehead atoms. The predicted octanol–water partition coefficient (Wildman–Crippen LogP) is 2.55. The van der Waals surface area contributed by atoms with Crippen molar-refractivity contribution >= 4 is 15.9 Å². The quantitative estimate of drug-likeness (QED) is 0.566. The van der Waals surface area contributed by atoms with Gasteiger partial charge in [0.2, 0.25) is 5.78 Å². The third-order valence-corrected chi connectivity index (χ3v) is 3.92. The molecule has 0 unspecified atom stereocenters. The zero-order chi connectivity index (χ0) is 16.4. The molecule has 3 rings (SSSR count). The van der Waals surface area contributed by atoms with Crippen LogP contribution in [-0.2, 0) is 10.1 Å². The lowest BCUT2D eigenvalue weighted by molar-refractivity contribution is 0.103. The molecule has 0 radical (unpaired) electrons. The molecule has 3 aromatic rings. The zero-order valence-electron chi connectivity index (χ0n) is 11.8. The first kappa shape index (κ1) is 15.1. The molecule has 116 valence electrons. The molecular formula is C16H12N2O4S. The Morgan fingerprint density at radius 1 is 0.957 bits per heavy atom. The van der Waals surface area contributed by atoms with E-state index < -0.39 is 21.1 Å². The van der Waals surface area contributed by atoms with Crippen LogP contribution < -0.4 is 0 Å². The smallest absolute Gasteiger partial charge is 0.326 e. The summed E-state index contributed by atoms with van der Waals surface area (Å²) in [5.74, 6) is -0.435. The average molecular weight is 328 g/mol. The summed E-state index contributed by atoms with van der Waals surface area (Å²) >= 11 is 0. The molecule has 2 aromatic carbocycles. The molecule has 0 fully saturated rings. The van der Waals surface area contributed by atoms with Gasteiger partial charge in [-0.2, -0.15) is 8.42 Å². The molecule has 1 aromatic heterocycles. The van der Waals surface area contributed by atoms with Gasteiger partial charge in [-0.15, -0.1) is 0 Å². The molecule has 0 aliphatic heterocycles. The second kappa shape index (κ2) is 5.79. The highest BCUT2D eigenvalue weighted by molar-refractivity contribution is 7.85. The average Bonchev–Trinajstić information content (AvgIpc) is 3.01. The third-order valence-electron chi connectivity index (χ3n) is 3.24. The van der Waals surface area contributed by atoms with Crippen LogP contribution in [0.1, 0.15) is 16.1 Å². The van der Waals surface area contributed by atoms with Gasteiger partial charge < -0.3 is 4.98 Å². The SMILES string of the molecule is O=C(c1ccccc1)c1nc(S(=O)(=O)O)[nH]c1-c1ccccc1. The second-order valence-electron chi connectivity index (χ2n) is 4.80. The standard InChI is InChI=1S/C16H12N2O4S/c19-15(12-9-5-2-6-10-12)14-13(11-7-3-1-4-8-11)17-16(18-14)23(20,21)22/h1-10H,(H,17,18)(H,20,21,22). The van der Waals surface area contributed by atoms with Crippen molar-refractivity contribution in [3.63, 3.8) is 0 Å². The number of aromatic nitrogens is 2. The molecule has 0 saturated heterocycles. The fourth-order valence-electron chi connectivity index (χ4n) is 2.18. The molecule has 1 heterocycles. The van der Waals surface area contributed by atoms with Gasteiger partial charge in [0.1, 0.15) is 5.69 Å². The number of hydrogen-bond acceptors (Lipinski definition) is 4. The van der Waals surface area contributed by atoms with Crippen molar-refractivity contribution in [2.24, 2.45) is 0 Å². The highest BCUT2D eigenvalue weighted by Gasteiger charge is 2.24. The Hall–Kier alpha value is -2.77. The van der Waals surface area contributed by atoms with E-state index in [0.717, 1.165) is 0 Å². The summed E-state index contributed by atoms with van der Waals surface area (Å²) < 4.78 is 31.9. The van der Waals surface area contributed by atoms with E-state index in [1.807, 2.05) is 0 Å². The van der Waals surface area contributed by atoms with Crippen LogP contribution in [0.5, 0.6) is 0 Å². The molecule has 0 atom stereocenters. The van der Waals surface area contributed by atoms with E-state index in [0.29, 0.717) is 11.1 Å². The van der Waals surface area contributed by atoms with Crippen molar-refractivity contribution in [1.29, 1.82) is 0 Å². The highest BCUT2D eigenvalue weighted by atomic mass is 32.2. The van der Waals surface area contributed by atoms with Crippen molar-refractivity contribution in [1.82, 2.24) is 9.97 Å². The summed E-state index contributed by atoms with van der Waals surface area (Å²) in [6.45, 7) is 0. The fraction of sp³-hybridized carbons (Fsp3) is 0. The summed E-state index contributed by atoms with van der Waals surface area (Å²) in [5, 5.41) is -0.657. The van der Waals surface area contributed by atoms with Crippen LogP contribution in [0.2, 0.25) is 0 Å². The van der Waals surface area contributed by atoms with Crippen LogP contribution in [0.4, 0.5) is 0 Å². The van der Waals surface area contributed by atoms with E-state index in [-0.39, 0.29) is 11.4 Å². The van der Waals surface area contributed by atoms with E-state index >= 15 is 0 Å². The number of aromatic amines is 1. The number of hydrogen-bond donors (Lipinski definition) is 2. The van der Waals surface area contributed by atoms with Crippen LogP contribution in [0.3, 0.4) is 0 Å². The van der Waals surface area contributed by atoms with Crippen LogP contribution in [0.15, 0.2) is 65.8 Å². The Kier molecular flexibility index (Phi) is 3.81. The molecule has 23 heavy (non-hydrogen) atoms. The Morgan fingerprint density at radius 3 is 2.09 bits per heavy atom. The van der Waals surface area contributed by atoms with Crippen molar-refractivity contribution in [2.45, 2.75) is 5.16 Å². The maximum absolute atomic E-state index is 12.6. The van der Waals surface area contributed by atoms with Gasteiger partial charge in [-0.1, -0.05) is 60.7 Å². The number of rotatable bonds is 4. The van der Waals surface area contributed by atoms with Gasteiger partial charge in [-0.05, 0) is 0 Å². The van der Waals surface area contributed by atoms with Crippen molar-refractivity contribution in [3.8, 4) is 11.3 Å². The van der Waals surface area contributed by atoms with Crippen molar-refractivity contribution in [2.75, 3.05) is 0 Å². The number of carbonyl (C=O) groups is 1. The Bertz CT molecular complexity index is 948. The van der Waals surface area contributed by atoms with Gasteiger partial charge in [0.05, 0.1) is 5.69 Å². The molecule has 0 spiro atoms. The van der Waals surface area contributed by atoms with E-state index in [4.69, 9.17) is 0 Å². The Labute approximate surface area is 132 Å². The minimum atomic E-state index is -4.55. The molecule has 0 amide bonds. The van der Waals surface area contributed by atoms with Crippen molar-refractivity contribution < 1.29 is 17.8 Å². The first-order chi connectivity index (χ1) is 11.0. The topological polar surface area (TPSA) is 100 Å². The lowest BCUT2D eigenvalue weighted by atomic mass is 10.0. The molecule has 6 nitrogen and oxygen atoms in total. The molecule has 2 N–H and O–H groups in total. The zero-order valence-corrected chi connectivity index (χ0v) is 12.6. The van der Waals surface area contributed by atoms with Gasteiger partial charge in [0, 0.05) is 11.1 Å². The third kappa shape index (κ3) is 3.05. The van der Waals surface area contributed by atoms with Gasteiger partial charge in [0.25, 0.3) is 5.16 Å². The number of nitrogens with zero attached hydrogens (tertiary/aromatic N) is 1. The van der Waals surface area contributed by atoms with Gasteiger partial charge in [0.15, 0.2) is 0 Å². The van der Waals surface area contributed by atoms with Crippen LogP contribution in [0, 0.1) is 0 Å². The predicted molar refractivity (Wildman–Crippen MR) is 83.7 cm³/mol. The van der Waals surface area contributed by atoms with E-state index in [9.17, 15) is 17.8 Å². The number of H-pyrrole nitrogens is 1. The first-order valence-corrected chi connectivity index (χ1v) is 8.13. The van der Waals surface area contributed by atoms with Crippen molar-refractivity contribution in [3.05, 3.63) is 71.9 Å². The van der Waals surface area contributed by atoms with E-state index in [1.54, 1.807) is 60.7 Å². The van der Waals surface area contributed by atoms with E-state index in [2.05, 4.69) is 9.97 Å². The number of nitrogens with one attached hydrogen (secondary N) is 1. The Morgan fingerprint density at radius 2 is 1.52 bits per heavy atom. The lowest BCUT2D eigenvalue weighted by Crippen LogP contribution is -2.05. The van der Waals surface area contributed by atoms with Crippen LogP contribution in [0.25, 0.3) is 11.3 Å². The first-order valence-electron chi connectivity index (χ1n) is 6.69. The maximum atomic E-state index is 12.6. The molecule has 0 aliphatic carbocycles. The maximum Gasteiger partial charge on any atom is 0.328 e. The molecule has 0 aliphatic rings. The monoisotopic (exact) mass is 328 g/mol. The number of imidazole rings is 1. The summed E-state index contributed by atoms with van der Waals surface area (Å²) in [6, 6.07) is 17.1. The second-order valence-corrected chi connectivity index (χ2v) is 6.14. The summed E-state index contributed by atoms with van der Waals surface area (Å²) in [5.41, 5.74) is 1.15. The molecule has 0 saturated carbocycles. The van der Waals surface area contributed by atoms with Crippen LogP contribution in [-0.4, -0.2) is 28.7 Å². The van der Waals surface area contributed by atoms with Gasteiger partial charge in [-0.25, -0.2) is 4.98 Å². The normalized spacial score (nSPS) is 11.3. The Balaban J connectivity index is 2.19. The fourth-order valence-corrected chi connectivity index (χ4v) is 2.62. The largest absolute Gasteiger partial charge is 0.328 e. The summed E-state index contributed by atoms with van der Waals surface area (Å²) in [4.78, 5) is 18.9. The van der Waals surface area contributed by atoms with E-state index in [1.165, 1.54) is 0 Å². The van der Waals surface area contributed by atoms with Gasteiger partial charge >= 0.3 is 10.1 Å². The highest BCUT2D eigenvalue weighted by Crippen LogP contribution is 2.25. The van der Waals surface area contributed by atoms with Crippen LogP contribution >= 0.6 is 0 Å². The molecular weight excluding hydrogens is 316 g/mol. The molecule has 7 heteroatoms.